The molecule has 134 valence electrons. The average molecular weight is 369 g/mol. The van der Waals surface area contributed by atoms with Crippen LogP contribution in [0, 0.1) is 5.41 Å². The smallest absolute Gasteiger partial charge is 0.228 e. The number of carbonyl (C=O) groups excluding carboxylic acids is 1. The molecule has 0 unspecified atom stereocenters. The summed E-state index contributed by atoms with van der Waals surface area (Å²) in [4.78, 5) is 18.2. The normalized spacial score (nSPS) is 16.5. The van der Waals surface area contributed by atoms with Gasteiger partial charge in [0, 0.05) is 47.2 Å². The lowest BCUT2D eigenvalue weighted by Crippen LogP contribution is -2.42. The molecule has 2 heterocycles. The maximum atomic E-state index is 12.6. The highest BCUT2D eigenvalue weighted by Crippen LogP contribution is 2.24. The lowest BCUT2D eigenvalue weighted by Gasteiger charge is -2.30. The number of amides is 1. The number of carbonyl (C=O) groups is 1. The molecule has 5 nitrogen and oxygen atoms in total. The number of amidine groups is 1. The van der Waals surface area contributed by atoms with Crippen molar-refractivity contribution in [1.29, 1.82) is 5.41 Å². The Morgan fingerprint density at radius 2 is 1.88 bits per heavy atom. The predicted molar refractivity (Wildman–Crippen MR) is 104 cm³/mol. The topological polar surface area (TPSA) is 83.1 Å². The monoisotopic (exact) mass is 368 g/mol. The average Bonchev–Trinajstić information content (AvgIpc) is 2.67. The zero-order valence-corrected chi connectivity index (χ0v) is 15.2. The minimum Gasteiger partial charge on any atom is -0.398 e. The molecule has 1 aromatic heterocycles. The first kappa shape index (κ1) is 18.1. The van der Waals surface area contributed by atoms with Crippen LogP contribution in [0.4, 0.5) is 0 Å². The molecule has 1 aliphatic rings. The van der Waals surface area contributed by atoms with Gasteiger partial charge in [-0.25, -0.2) is 0 Å². The van der Waals surface area contributed by atoms with Gasteiger partial charge in [0.1, 0.15) is 5.84 Å². The van der Waals surface area contributed by atoms with Crippen molar-refractivity contribution in [1.82, 2.24) is 9.88 Å². The Morgan fingerprint density at radius 1 is 1.19 bits per heavy atom. The van der Waals surface area contributed by atoms with Gasteiger partial charge in [0.2, 0.25) is 5.91 Å². The molecule has 0 spiro atoms. The van der Waals surface area contributed by atoms with E-state index in [1.807, 2.05) is 36.4 Å². The van der Waals surface area contributed by atoms with Crippen molar-refractivity contribution in [3.63, 3.8) is 0 Å². The standard InChI is InChI=1S/C20H21ClN4O/c21-16-6-3-14(4-7-16)5-8-18(26)25-13-1-2-17(20(25)23)19(22)15-9-11-24-12-10-15/h3-4,6-7,9-12,23H,1-2,5,8,13,22H2/b19-17-,23-20?. The van der Waals surface area contributed by atoms with E-state index in [9.17, 15) is 4.79 Å². The Balaban J connectivity index is 1.71. The summed E-state index contributed by atoms with van der Waals surface area (Å²) < 4.78 is 0. The van der Waals surface area contributed by atoms with Crippen LogP contribution in [0.3, 0.4) is 0 Å². The van der Waals surface area contributed by atoms with Gasteiger partial charge >= 0.3 is 0 Å². The molecule has 0 aliphatic carbocycles. The van der Waals surface area contributed by atoms with Crippen molar-refractivity contribution in [3.8, 4) is 0 Å². The third-order valence-electron chi connectivity index (χ3n) is 4.52. The summed E-state index contributed by atoms with van der Waals surface area (Å²) in [5, 5.41) is 9.14. The van der Waals surface area contributed by atoms with Gasteiger partial charge < -0.3 is 5.73 Å². The number of nitrogens with zero attached hydrogens (tertiary/aromatic N) is 2. The second kappa shape index (κ2) is 8.15. The lowest BCUT2D eigenvalue weighted by atomic mass is 9.97. The number of nitrogens with two attached hydrogens (primary N) is 1. The molecule has 3 rings (SSSR count). The number of aromatic nitrogens is 1. The van der Waals surface area contributed by atoms with Crippen LogP contribution >= 0.6 is 11.6 Å². The zero-order chi connectivity index (χ0) is 18.5. The first-order valence-corrected chi connectivity index (χ1v) is 8.97. The number of hydrogen-bond donors (Lipinski definition) is 2. The molecule has 1 aromatic carbocycles. The van der Waals surface area contributed by atoms with Crippen LogP contribution in [0.25, 0.3) is 5.70 Å². The SMILES string of the molecule is N=C1/C(=C(\N)c2ccncc2)CCCN1C(=O)CCc1ccc(Cl)cc1. The molecule has 2 aromatic rings. The van der Waals surface area contributed by atoms with Crippen LogP contribution in [-0.2, 0) is 11.2 Å². The summed E-state index contributed by atoms with van der Waals surface area (Å²) in [6, 6.07) is 11.1. The minimum atomic E-state index is -0.0512. The van der Waals surface area contributed by atoms with Gasteiger partial charge in [-0.3, -0.25) is 20.1 Å². The Hall–Kier alpha value is -2.66. The number of halogens is 1. The molecule has 3 N–H and O–H groups in total. The Morgan fingerprint density at radius 3 is 2.58 bits per heavy atom. The van der Waals surface area contributed by atoms with E-state index < -0.39 is 0 Å². The molecule has 1 amide bonds. The maximum Gasteiger partial charge on any atom is 0.228 e. The summed E-state index contributed by atoms with van der Waals surface area (Å²) in [5.41, 5.74) is 9.42. The van der Waals surface area contributed by atoms with Crippen LogP contribution in [0.15, 0.2) is 54.4 Å². The van der Waals surface area contributed by atoms with E-state index in [0.717, 1.165) is 23.1 Å². The van der Waals surface area contributed by atoms with Gasteiger partial charge in [-0.15, -0.1) is 0 Å². The molecular weight excluding hydrogens is 348 g/mol. The van der Waals surface area contributed by atoms with Crippen LogP contribution in [0.5, 0.6) is 0 Å². The predicted octanol–water partition coefficient (Wildman–Crippen LogP) is 3.64. The number of aryl methyl sites for hydroxylation is 1. The first-order chi connectivity index (χ1) is 12.6. The first-order valence-electron chi connectivity index (χ1n) is 8.59. The lowest BCUT2D eigenvalue weighted by molar-refractivity contribution is -0.127. The van der Waals surface area contributed by atoms with Gasteiger partial charge in [0.25, 0.3) is 0 Å². The molecule has 0 atom stereocenters. The fraction of sp³-hybridized carbons (Fsp3) is 0.250. The third kappa shape index (κ3) is 4.11. The van der Waals surface area contributed by atoms with E-state index in [2.05, 4.69) is 4.98 Å². The molecular formula is C20H21ClN4O. The molecule has 0 bridgehead atoms. The van der Waals surface area contributed by atoms with Crippen molar-refractivity contribution < 1.29 is 4.79 Å². The molecule has 0 radical (unpaired) electrons. The number of pyridine rings is 1. The fourth-order valence-corrected chi connectivity index (χ4v) is 3.19. The van der Waals surface area contributed by atoms with E-state index in [1.54, 1.807) is 17.3 Å². The van der Waals surface area contributed by atoms with E-state index in [0.29, 0.717) is 36.5 Å². The van der Waals surface area contributed by atoms with Crippen molar-refractivity contribution in [2.75, 3.05) is 6.54 Å². The van der Waals surface area contributed by atoms with E-state index in [-0.39, 0.29) is 11.7 Å². The zero-order valence-electron chi connectivity index (χ0n) is 14.4. The number of piperidine rings is 1. The minimum absolute atomic E-state index is 0.0512. The van der Waals surface area contributed by atoms with Gasteiger partial charge in [0.05, 0.1) is 0 Å². The molecule has 1 fully saturated rings. The quantitative estimate of drug-likeness (QED) is 0.864. The highest BCUT2D eigenvalue weighted by molar-refractivity contribution is 6.30. The largest absolute Gasteiger partial charge is 0.398 e. The van der Waals surface area contributed by atoms with Crippen molar-refractivity contribution >= 4 is 29.0 Å². The summed E-state index contributed by atoms with van der Waals surface area (Å²) >= 11 is 5.89. The van der Waals surface area contributed by atoms with Crippen LogP contribution < -0.4 is 5.73 Å². The Kier molecular flexibility index (Phi) is 5.68. The maximum absolute atomic E-state index is 12.6. The number of benzene rings is 1. The third-order valence-corrected chi connectivity index (χ3v) is 4.77. The van der Waals surface area contributed by atoms with Crippen molar-refractivity contribution in [2.24, 2.45) is 5.73 Å². The van der Waals surface area contributed by atoms with Gasteiger partial charge in [-0.1, -0.05) is 23.7 Å². The van der Waals surface area contributed by atoms with E-state index in [1.165, 1.54) is 0 Å². The highest BCUT2D eigenvalue weighted by atomic mass is 35.5. The number of hydrogen-bond acceptors (Lipinski definition) is 4. The molecule has 6 heteroatoms. The Labute approximate surface area is 158 Å². The summed E-state index contributed by atoms with van der Waals surface area (Å²) in [6.07, 6.45) is 5.82. The van der Waals surface area contributed by atoms with Crippen molar-refractivity contribution in [2.45, 2.75) is 25.7 Å². The van der Waals surface area contributed by atoms with Gasteiger partial charge in [0.15, 0.2) is 0 Å². The second-order valence-corrected chi connectivity index (χ2v) is 6.69. The molecule has 1 aliphatic heterocycles. The highest BCUT2D eigenvalue weighted by Gasteiger charge is 2.27. The number of nitrogens with one attached hydrogen (secondary N) is 1. The molecule has 0 saturated carbocycles. The second-order valence-electron chi connectivity index (χ2n) is 6.25. The molecule has 1 saturated heterocycles. The van der Waals surface area contributed by atoms with E-state index in [4.69, 9.17) is 22.7 Å². The summed E-state index contributed by atoms with van der Waals surface area (Å²) in [6.45, 7) is 0.561. The fourth-order valence-electron chi connectivity index (χ4n) is 3.06. The Bertz CT molecular complexity index is 831. The summed E-state index contributed by atoms with van der Waals surface area (Å²) in [5.74, 6) is 0.163. The van der Waals surface area contributed by atoms with Crippen LogP contribution in [0.1, 0.15) is 30.4 Å². The number of rotatable bonds is 4. The molecule has 26 heavy (non-hydrogen) atoms. The van der Waals surface area contributed by atoms with Gasteiger partial charge in [-0.2, -0.15) is 0 Å². The van der Waals surface area contributed by atoms with Crippen molar-refractivity contribution in [3.05, 3.63) is 70.5 Å². The van der Waals surface area contributed by atoms with Crippen LogP contribution in [0.2, 0.25) is 5.02 Å². The van der Waals surface area contributed by atoms with E-state index >= 15 is 0 Å². The number of likely N-dealkylation sites (tertiary alicyclic amines) is 1. The van der Waals surface area contributed by atoms with Gasteiger partial charge in [-0.05, 0) is 49.1 Å². The van der Waals surface area contributed by atoms with Crippen LogP contribution in [-0.4, -0.2) is 28.2 Å². The summed E-state index contributed by atoms with van der Waals surface area (Å²) in [7, 11) is 0.